The zero-order valence-electron chi connectivity index (χ0n) is 17.5. The molecule has 31 heavy (non-hydrogen) atoms. The van der Waals surface area contributed by atoms with Crippen molar-refractivity contribution in [2.24, 2.45) is 0 Å². The van der Waals surface area contributed by atoms with Gasteiger partial charge in [-0.25, -0.2) is 0 Å². The van der Waals surface area contributed by atoms with Crippen molar-refractivity contribution in [1.29, 1.82) is 0 Å². The largest absolute Gasteiger partial charge is 0.497 e. The van der Waals surface area contributed by atoms with Crippen molar-refractivity contribution in [1.82, 2.24) is 4.90 Å². The molecule has 0 fully saturated rings. The van der Waals surface area contributed by atoms with E-state index in [1.165, 1.54) is 5.56 Å². The second-order valence-corrected chi connectivity index (χ2v) is 7.73. The van der Waals surface area contributed by atoms with E-state index in [1.807, 2.05) is 48.5 Å². The average molecular weight is 413 g/mol. The molecule has 1 aromatic heterocycles. The van der Waals surface area contributed by atoms with E-state index in [0.717, 1.165) is 22.6 Å². The van der Waals surface area contributed by atoms with E-state index in [9.17, 15) is 4.79 Å². The van der Waals surface area contributed by atoms with Crippen LogP contribution in [0.5, 0.6) is 11.5 Å². The van der Waals surface area contributed by atoms with Crippen LogP contribution in [0.25, 0.3) is 22.1 Å². The van der Waals surface area contributed by atoms with Gasteiger partial charge in [-0.1, -0.05) is 42.5 Å². The molecular weight excluding hydrogens is 390 g/mol. The third-order valence-corrected chi connectivity index (χ3v) is 5.98. The fourth-order valence-corrected chi connectivity index (χ4v) is 4.09. The van der Waals surface area contributed by atoms with Gasteiger partial charge < -0.3 is 13.9 Å². The minimum atomic E-state index is -0.0533. The molecular formula is C26H23NO4. The summed E-state index contributed by atoms with van der Waals surface area (Å²) in [6.45, 7) is 3.29. The Balaban J connectivity index is 1.53. The van der Waals surface area contributed by atoms with E-state index in [2.05, 4.69) is 24.0 Å². The van der Waals surface area contributed by atoms with Crippen LogP contribution in [0.3, 0.4) is 0 Å². The molecule has 0 unspecified atom stereocenters. The van der Waals surface area contributed by atoms with Gasteiger partial charge in [0, 0.05) is 12.6 Å². The molecule has 2 heterocycles. The number of benzene rings is 3. The first kappa shape index (κ1) is 19.4. The van der Waals surface area contributed by atoms with Crippen LogP contribution in [0, 0.1) is 0 Å². The smallest absolute Gasteiger partial charge is 0.200 e. The summed E-state index contributed by atoms with van der Waals surface area (Å²) in [6.07, 6.45) is 1.55. The van der Waals surface area contributed by atoms with Crippen LogP contribution >= 0.6 is 0 Å². The number of hydrogen-bond acceptors (Lipinski definition) is 5. The third kappa shape index (κ3) is 3.47. The van der Waals surface area contributed by atoms with Crippen LogP contribution in [0.2, 0.25) is 0 Å². The van der Waals surface area contributed by atoms with Gasteiger partial charge in [-0.3, -0.25) is 9.69 Å². The quantitative estimate of drug-likeness (QED) is 0.449. The van der Waals surface area contributed by atoms with E-state index >= 15 is 0 Å². The highest BCUT2D eigenvalue weighted by atomic mass is 16.5. The zero-order chi connectivity index (χ0) is 21.4. The summed E-state index contributed by atoms with van der Waals surface area (Å²) in [6, 6.07) is 21.6. The predicted molar refractivity (Wildman–Crippen MR) is 120 cm³/mol. The molecule has 3 aromatic carbocycles. The van der Waals surface area contributed by atoms with Gasteiger partial charge >= 0.3 is 0 Å². The fourth-order valence-electron chi connectivity index (χ4n) is 4.09. The fraction of sp³-hybridized carbons (Fsp3) is 0.192. The van der Waals surface area contributed by atoms with E-state index in [0.29, 0.717) is 29.8 Å². The lowest BCUT2D eigenvalue weighted by molar-refractivity contribution is 0.0620. The molecule has 5 nitrogen and oxygen atoms in total. The van der Waals surface area contributed by atoms with Crippen LogP contribution < -0.4 is 14.9 Å². The van der Waals surface area contributed by atoms with E-state index in [4.69, 9.17) is 13.9 Å². The van der Waals surface area contributed by atoms with E-state index in [-0.39, 0.29) is 11.5 Å². The number of methoxy groups -OCH3 is 1. The first-order chi connectivity index (χ1) is 15.2. The summed E-state index contributed by atoms with van der Waals surface area (Å²) < 4.78 is 17.3. The molecule has 1 aliphatic heterocycles. The van der Waals surface area contributed by atoms with Crippen molar-refractivity contribution in [2.45, 2.75) is 19.5 Å². The van der Waals surface area contributed by atoms with Gasteiger partial charge in [-0.15, -0.1) is 0 Å². The summed E-state index contributed by atoms with van der Waals surface area (Å²) in [5.41, 5.74) is 3.99. The van der Waals surface area contributed by atoms with Crippen molar-refractivity contribution >= 4 is 11.0 Å². The molecule has 1 aliphatic rings. The van der Waals surface area contributed by atoms with Gasteiger partial charge in [0.2, 0.25) is 5.43 Å². The SMILES string of the molecule is COc1ccc(-c2coc3c4c(ccc3c2=O)OCN([C@@H](C)c2ccccc2)C4)cc1. The van der Waals surface area contributed by atoms with Crippen LogP contribution in [-0.2, 0) is 6.54 Å². The maximum Gasteiger partial charge on any atom is 0.200 e. The highest BCUT2D eigenvalue weighted by Gasteiger charge is 2.26. The number of hydrogen-bond donors (Lipinski definition) is 0. The van der Waals surface area contributed by atoms with Crippen molar-refractivity contribution in [3.05, 3.63) is 94.3 Å². The molecule has 0 N–H and O–H groups in total. The lowest BCUT2D eigenvalue weighted by Crippen LogP contribution is -2.34. The second kappa shape index (κ2) is 7.93. The lowest BCUT2D eigenvalue weighted by Gasteiger charge is -2.34. The first-order valence-electron chi connectivity index (χ1n) is 10.3. The normalized spacial score (nSPS) is 14.6. The Morgan fingerprint density at radius 2 is 1.77 bits per heavy atom. The van der Waals surface area contributed by atoms with Gasteiger partial charge in [0.1, 0.15) is 30.1 Å². The first-order valence-corrected chi connectivity index (χ1v) is 10.3. The van der Waals surface area contributed by atoms with Gasteiger partial charge in [0.25, 0.3) is 0 Å². The van der Waals surface area contributed by atoms with Gasteiger partial charge in [0.15, 0.2) is 0 Å². The van der Waals surface area contributed by atoms with Crippen LogP contribution in [0.4, 0.5) is 0 Å². The Hall–Kier alpha value is -3.57. The number of fused-ring (bicyclic) bond motifs is 3. The zero-order valence-corrected chi connectivity index (χ0v) is 17.5. The average Bonchev–Trinajstić information content (AvgIpc) is 2.84. The molecule has 0 aliphatic carbocycles. The Kier molecular flexibility index (Phi) is 4.96. The van der Waals surface area contributed by atoms with Crippen molar-refractivity contribution in [3.63, 3.8) is 0 Å². The van der Waals surface area contributed by atoms with Gasteiger partial charge in [0.05, 0.1) is 23.6 Å². The monoisotopic (exact) mass is 413 g/mol. The maximum atomic E-state index is 13.3. The maximum absolute atomic E-state index is 13.3. The summed E-state index contributed by atoms with van der Waals surface area (Å²) in [4.78, 5) is 15.5. The standard InChI is InChI=1S/C26H23NO4/c1-17(18-6-4-3-5-7-18)27-14-22-24(31-16-27)13-12-21-25(28)23(15-30-26(21)22)19-8-10-20(29-2)11-9-19/h3-13,15,17H,14,16H2,1-2H3/t17-/m0/s1. The molecule has 0 bridgehead atoms. The molecule has 0 saturated carbocycles. The Morgan fingerprint density at radius 1 is 1.00 bits per heavy atom. The van der Waals surface area contributed by atoms with E-state index < -0.39 is 0 Å². The third-order valence-electron chi connectivity index (χ3n) is 5.98. The van der Waals surface area contributed by atoms with Crippen molar-refractivity contribution < 1.29 is 13.9 Å². The molecule has 156 valence electrons. The highest BCUT2D eigenvalue weighted by Crippen LogP contribution is 2.35. The minimum Gasteiger partial charge on any atom is -0.497 e. The Bertz CT molecular complexity index is 1280. The molecule has 5 rings (SSSR count). The summed E-state index contributed by atoms with van der Waals surface area (Å²) in [5, 5.41) is 0.560. The van der Waals surface area contributed by atoms with Crippen LogP contribution in [0.15, 0.2) is 82.2 Å². The predicted octanol–water partition coefficient (Wildman–Crippen LogP) is 5.38. The lowest BCUT2D eigenvalue weighted by atomic mass is 10.0. The van der Waals surface area contributed by atoms with Crippen molar-refractivity contribution in [2.75, 3.05) is 13.8 Å². The Labute approximate surface area is 180 Å². The minimum absolute atomic E-state index is 0.0533. The number of ether oxygens (including phenoxy) is 2. The Morgan fingerprint density at radius 3 is 2.52 bits per heavy atom. The molecule has 0 radical (unpaired) electrons. The topological polar surface area (TPSA) is 51.9 Å². The van der Waals surface area contributed by atoms with Crippen LogP contribution in [0.1, 0.15) is 24.1 Å². The van der Waals surface area contributed by atoms with Gasteiger partial charge in [-0.05, 0) is 42.3 Å². The van der Waals surface area contributed by atoms with E-state index in [1.54, 1.807) is 19.4 Å². The van der Waals surface area contributed by atoms with Gasteiger partial charge in [-0.2, -0.15) is 0 Å². The number of rotatable bonds is 4. The molecule has 0 amide bonds. The summed E-state index contributed by atoms with van der Waals surface area (Å²) in [7, 11) is 1.62. The summed E-state index contributed by atoms with van der Waals surface area (Å²) >= 11 is 0. The van der Waals surface area contributed by atoms with Crippen molar-refractivity contribution in [3.8, 4) is 22.6 Å². The molecule has 1 atom stereocenters. The molecule has 0 saturated heterocycles. The highest BCUT2D eigenvalue weighted by molar-refractivity contribution is 5.85. The number of nitrogens with zero attached hydrogens (tertiary/aromatic N) is 1. The molecule has 5 heteroatoms. The molecule has 4 aromatic rings. The summed E-state index contributed by atoms with van der Waals surface area (Å²) in [5.74, 6) is 1.51. The molecule has 0 spiro atoms. The second-order valence-electron chi connectivity index (χ2n) is 7.73. The van der Waals surface area contributed by atoms with Crippen LogP contribution in [-0.4, -0.2) is 18.7 Å².